The van der Waals surface area contributed by atoms with Crippen molar-refractivity contribution in [2.24, 2.45) is 56.7 Å². The normalized spacial score (nSPS) is 51.2. The number of carbonyl (C=O) groups excluding carboxylic acids is 2. The lowest BCUT2D eigenvalue weighted by Crippen LogP contribution is -2.67. The van der Waals surface area contributed by atoms with E-state index in [4.69, 9.17) is 16.3 Å². The third-order valence-corrected chi connectivity index (χ3v) is 14.1. The number of esters is 1. The Bertz CT molecular complexity index is 970. The summed E-state index contributed by atoms with van der Waals surface area (Å²) in [4.78, 5) is 24.9. The summed E-state index contributed by atoms with van der Waals surface area (Å²) in [6.07, 6.45) is 11.1. The molecule has 202 valence electrons. The summed E-state index contributed by atoms with van der Waals surface area (Å²) >= 11 is 6.46. The summed E-state index contributed by atoms with van der Waals surface area (Å²) in [6.45, 7) is 20.6. The standard InChI is InChI=1S/C32H49ClO3/c1-19(2)21-11-16-32(27(33)35)18-17-30(7)22(26(21)32)9-10-24-29(6)14-13-25(36-20(3)34)28(4,5)23(29)12-15-31(24,30)8/h21-26H,1,9-18H2,2-8H3/t21-,22+,23-,24+,25?,26+,29-,30+,31+,32-/m0/s1. The predicted molar refractivity (Wildman–Crippen MR) is 145 cm³/mol. The van der Waals surface area contributed by atoms with E-state index in [-0.39, 0.29) is 44.4 Å². The Hall–Kier alpha value is -0.830. The molecule has 0 bridgehead atoms. The van der Waals surface area contributed by atoms with Gasteiger partial charge in [-0.15, -0.1) is 0 Å². The number of ether oxygens (including phenoxy) is 1. The van der Waals surface area contributed by atoms with Gasteiger partial charge in [0.2, 0.25) is 5.24 Å². The molecule has 4 heteroatoms. The average Bonchev–Trinajstić information content (AvgIpc) is 3.17. The predicted octanol–water partition coefficient (Wildman–Crippen LogP) is 8.34. The Balaban J connectivity index is 1.52. The van der Waals surface area contributed by atoms with Crippen molar-refractivity contribution in [1.29, 1.82) is 0 Å². The highest BCUT2D eigenvalue weighted by Gasteiger charge is 2.71. The lowest BCUT2D eigenvalue weighted by atomic mass is 9.32. The number of hydrogen-bond donors (Lipinski definition) is 0. The zero-order valence-electron chi connectivity index (χ0n) is 23.8. The van der Waals surface area contributed by atoms with Gasteiger partial charge >= 0.3 is 5.97 Å². The van der Waals surface area contributed by atoms with E-state index in [1.165, 1.54) is 31.3 Å². The molecule has 0 aromatic carbocycles. The molecule has 36 heavy (non-hydrogen) atoms. The fraction of sp³-hybridized carbons (Fsp3) is 0.875. The van der Waals surface area contributed by atoms with Crippen molar-refractivity contribution >= 4 is 22.8 Å². The molecule has 0 aromatic heterocycles. The zero-order chi connectivity index (χ0) is 26.5. The first-order chi connectivity index (χ1) is 16.6. The van der Waals surface area contributed by atoms with Crippen LogP contribution in [0.15, 0.2) is 12.2 Å². The maximum atomic E-state index is 13.0. The Kier molecular flexibility index (Phi) is 6.19. The molecule has 0 radical (unpaired) electrons. The number of fused-ring (bicyclic) bond motifs is 7. The minimum absolute atomic E-state index is 0.0129. The first-order valence-electron chi connectivity index (χ1n) is 14.7. The third kappa shape index (κ3) is 3.29. The highest BCUT2D eigenvalue weighted by molar-refractivity contribution is 6.64. The molecule has 0 saturated heterocycles. The van der Waals surface area contributed by atoms with Crippen LogP contribution in [-0.2, 0) is 14.3 Å². The molecule has 10 atom stereocenters. The first kappa shape index (κ1) is 26.8. The zero-order valence-corrected chi connectivity index (χ0v) is 24.6. The molecular formula is C32H49ClO3. The summed E-state index contributed by atoms with van der Waals surface area (Å²) in [6, 6.07) is 0. The molecule has 0 amide bonds. The lowest BCUT2D eigenvalue weighted by Gasteiger charge is -2.72. The Morgan fingerprint density at radius 1 is 0.806 bits per heavy atom. The second-order valence-electron chi connectivity index (χ2n) is 15.1. The molecule has 3 nitrogen and oxygen atoms in total. The molecule has 1 unspecified atom stereocenters. The summed E-state index contributed by atoms with van der Waals surface area (Å²) in [5.41, 5.74) is 1.60. The van der Waals surface area contributed by atoms with Crippen molar-refractivity contribution in [3.63, 3.8) is 0 Å². The number of rotatable bonds is 3. The minimum atomic E-state index is -0.344. The van der Waals surface area contributed by atoms with Gasteiger partial charge in [-0.05, 0) is 129 Å². The smallest absolute Gasteiger partial charge is 0.302 e. The van der Waals surface area contributed by atoms with Gasteiger partial charge in [-0.1, -0.05) is 46.8 Å². The molecule has 0 N–H and O–H groups in total. The average molecular weight is 517 g/mol. The fourth-order valence-electron chi connectivity index (χ4n) is 11.9. The maximum Gasteiger partial charge on any atom is 0.302 e. The van der Waals surface area contributed by atoms with Gasteiger partial charge in [-0.3, -0.25) is 9.59 Å². The van der Waals surface area contributed by atoms with E-state index in [0.717, 1.165) is 38.5 Å². The van der Waals surface area contributed by atoms with Crippen molar-refractivity contribution < 1.29 is 14.3 Å². The second-order valence-corrected chi connectivity index (χ2v) is 15.4. The van der Waals surface area contributed by atoms with E-state index in [2.05, 4.69) is 48.1 Å². The number of carbonyl (C=O) groups is 2. The molecule has 5 saturated carbocycles. The van der Waals surface area contributed by atoms with Crippen LogP contribution in [0.5, 0.6) is 0 Å². The van der Waals surface area contributed by atoms with Crippen LogP contribution in [0.4, 0.5) is 0 Å². The van der Waals surface area contributed by atoms with E-state index >= 15 is 0 Å². The SMILES string of the molecule is C=C(C)[C@@H]1CC[C@]2(C(=O)Cl)CC[C@]3(C)[C@H](CC[C@@H]4[C@@]5(C)CCC(OC(C)=O)C(C)(C)[C@@H]5CC[C@]43C)[C@@H]12. The largest absolute Gasteiger partial charge is 0.462 e. The van der Waals surface area contributed by atoms with Gasteiger partial charge in [0.25, 0.3) is 0 Å². The Labute approximate surface area is 224 Å². The molecule has 0 aliphatic heterocycles. The van der Waals surface area contributed by atoms with Crippen LogP contribution in [0.25, 0.3) is 0 Å². The van der Waals surface area contributed by atoms with Crippen molar-refractivity contribution in [1.82, 2.24) is 0 Å². The third-order valence-electron chi connectivity index (χ3n) is 13.7. The monoisotopic (exact) mass is 516 g/mol. The molecule has 5 aliphatic rings. The van der Waals surface area contributed by atoms with Crippen molar-refractivity contribution in [3.8, 4) is 0 Å². The van der Waals surface area contributed by atoms with Gasteiger partial charge in [0, 0.05) is 17.8 Å². The minimum Gasteiger partial charge on any atom is -0.462 e. The molecular weight excluding hydrogens is 468 g/mol. The highest BCUT2D eigenvalue weighted by Crippen LogP contribution is 2.77. The molecule has 0 spiro atoms. The molecule has 5 aliphatic carbocycles. The van der Waals surface area contributed by atoms with Crippen molar-refractivity contribution in [2.45, 2.75) is 119 Å². The van der Waals surface area contributed by atoms with E-state index < -0.39 is 0 Å². The number of hydrogen-bond acceptors (Lipinski definition) is 3. The van der Waals surface area contributed by atoms with Gasteiger partial charge in [-0.25, -0.2) is 0 Å². The lowest BCUT2D eigenvalue weighted by molar-refractivity contribution is -0.248. The van der Waals surface area contributed by atoms with Gasteiger partial charge < -0.3 is 4.74 Å². The Morgan fingerprint density at radius 2 is 1.50 bits per heavy atom. The van der Waals surface area contributed by atoms with Crippen LogP contribution in [0.2, 0.25) is 0 Å². The van der Waals surface area contributed by atoms with Crippen molar-refractivity contribution in [3.05, 3.63) is 12.2 Å². The summed E-state index contributed by atoms with van der Waals surface area (Å²) in [7, 11) is 0. The van der Waals surface area contributed by atoms with Crippen LogP contribution >= 0.6 is 11.6 Å². The molecule has 5 fully saturated rings. The van der Waals surface area contributed by atoms with Crippen LogP contribution in [0.1, 0.15) is 113 Å². The van der Waals surface area contributed by atoms with Crippen LogP contribution in [0, 0.1) is 56.7 Å². The first-order valence-corrected chi connectivity index (χ1v) is 15.1. The second kappa shape index (κ2) is 8.33. The van der Waals surface area contributed by atoms with E-state index in [0.29, 0.717) is 29.6 Å². The van der Waals surface area contributed by atoms with E-state index in [9.17, 15) is 9.59 Å². The molecule has 5 rings (SSSR count). The van der Waals surface area contributed by atoms with Gasteiger partial charge in [0.1, 0.15) is 6.10 Å². The maximum absolute atomic E-state index is 13.0. The van der Waals surface area contributed by atoms with Gasteiger partial charge in [0.05, 0.1) is 0 Å². The fourth-order valence-corrected chi connectivity index (χ4v) is 12.2. The number of allylic oxidation sites excluding steroid dienone is 1. The Morgan fingerprint density at radius 3 is 2.11 bits per heavy atom. The van der Waals surface area contributed by atoms with Gasteiger partial charge in [-0.2, -0.15) is 0 Å². The van der Waals surface area contributed by atoms with Gasteiger partial charge in [0.15, 0.2) is 0 Å². The van der Waals surface area contributed by atoms with Crippen LogP contribution < -0.4 is 0 Å². The highest BCUT2D eigenvalue weighted by atomic mass is 35.5. The summed E-state index contributed by atoms with van der Waals surface area (Å²) in [5.74, 6) is 2.37. The molecule has 0 heterocycles. The van der Waals surface area contributed by atoms with Crippen LogP contribution in [0.3, 0.4) is 0 Å². The van der Waals surface area contributed by atoms with Crippen LogP contribution in [-0.4, -0.2) is 17.3 Å². The summed E-state index contributed by atoms with van der Waals surface area (Å²) < 4.78 is 5.89. The topological polar surface area (TPSA) is 43.4 Å². The molecule has 0 aromatic rings. The number of halogens is 1. The summed E-state index contributed by atoms with van der Waals surface area (Å²) in [5, 5.41) is -0.0770. The quantitative estimate of drug-likeness (QED) is 0.215. The van der Waals surface area contributed by atoms with E-state index in [1.807, 2.05) is 0 Å². The van der Waals surface area contributed by atoms with E-state index in [1.54, 1.807) is 6.92 Å². The van der Waals surface area contributed by atoms with Crippen molar-refractivity contribution in [2.75, 3.05) is 0 Å².